The average molecular weight is 582 g/mol. The molecule has 0 aliphatic heterocycles. The molecule has 0 radical (unpaired) electrons. The molecule has 0 fully saturated rings. The summed E-state index contributed by atoms with van der Waals surface area (Å²) in [6, 6.07) is 16.3. The maximum absolute atomic E-state index is 14.1. The summed E-state index contributed by atoms with van der Waals surface area (Å²) in [5.74, 6) is -1.53. The first-order chi connectivity index (χ1) is 19.7. The largest absolute Gasteiger partial charge is 0.458 e. The van der Waals surface area contributed by atoms with Crippen molar-refractivity contribution in [1.82, 2.24) is 15.5 Å². The summed E-state index contributed by atoms with van der Waals surface area (Å²) in [5.41, 5.74) is -0.0527. The summed E-state index contributed by atoms with van der Waals surface area (Å²) in [5, 5.41) is 5.40. The Morgan fingerprint density at radius 1 is 0.810 bits per heavy atom. The van der Waals surface area contributed by atoms with Crippen LogP contribution in [0.1, 0.15) is 84.9 Å². The number of hydrogen-bond acceptors (Lipinski definition) is 6. The van der Waals surface area contributed by atoms with Crippen molar-refractivity contribution in [2.75, 3.05) is 13.1 Å². The fourth-order valence-corrected chi connectivity index (χ4v) is 4.27. The van der Waals surface area contributed by atoms with Crippen LogP contribution in [0.3, 0.4) is 0 Å². The number of unbranched alkanes of at least 4 members (excludes halogenated alkanes) is 2. The van der Waals surface area contributed by atoms with E-state index < -0.39 is 47.2 Å². The van der Waals surface area contributed by atoms with Gasteiger partial charge in [0, 0.05) is 13.0 Å². The second-order valence-corrected chi connectivity index (χ2v) is 12.2. The van der Waals surface area contributed by atoms with Gasteiger partial charge < -0.3 is 25.0 Å². The smallest absolute Gasteiger partial charge is 0.408 e. The van der Waals surface area contributed by atoms with E-state index in [1.54, 1.807) is 65.8 Å². The molecule has 3 amide bonds. The van der Waals surface area contributed by atoms with Crippen LogP contribution in [0, 0.1) is 0 Å². The van der Waals surface area contributed by atoms with E-state index in [9.17, 15) is 19.2 Å². The number of benzene rings is 2. The number of alkyl carbamates (subject to hydrolysis) is 1. The molecule has 9 heteroatoms. The lowest BCUT2D eigenvalue weighted by Gasteiger charge is -2.33. The van der Waals surface area contributed by atoms with Crippen molar-refractivity contribution in [2.45, 2.75) is 97.4 Å². The molecule has 0 heterocycles. The molecule has 2 aromatic carbocycles. The third-order valence-electron chi connectivity index (χ3n) is 6.07. The first-order valence-electron chi connectivity index (χ1n) is 14.6. The van der Waals surface area contributed by atoms with E-state index in [1.165, 1.54) is 4.90 Å². The molecule has 2 aromatic rings. The predicted octanol–water partition coefficient (Wildman–Crippen LogP) is 5.34. The number of nitrogens with zero attached hydrogens (tertiary/aromatic N) is 1. The van der Waals surface area contributed by atoms with Gasteiger partial charge in [-0.25, -0.2) is 9.59 Å². The van der Waals surface area contributed by atoms with E-state index in [1.807, 2.05) is 43.3 Å². The molecule has 230 valence electrons. The van der Waals surface area contributed by atoms with Crippen molar-refractivity contribution in [3.8, 4) is 0 Å². The van der Waals surface area contributed by atoms with Crippen molar-refractivity contribution in [2.24, 2.45) is 0 Å². The summed E-state index contributed by atoms with van der Waals surface area (Å²) >= 11 is 0. The normalized spacial score (nSPS) is 12.9. The van der Waals surface area contributed by atoms with Crippen molar-refractivity contribution in [1.29, 1.82) is 0 Å². The van der Waals surface area contributed by atoms with Crippen LogP contribution in [-0.4, -0.2) is 59.1 Å². The Hall–Kier alpha value is -3.88. The number of rotatable bonds is 13. The van der Waals surface area contributed by atoms with Crippen LogP contribution in [-0.2, 0) is 30.3 Å². The number of esters is 1. The Bertz CT molecular complexity index is 1160. The molecule has 0 spiro atoms. The molecule has 0 saturated carbocycles. The van der Waals surface area contributed by atoms with Crippen LogP contribution in [0.15, 0.2) is 60.7 Å². The van der Waals surface area contributed by atoms with E-state index in [-0.39, 0.29) is 19.5 Å². The fourth-order valence-electron chi connectivity index (χ4n) is 4.27. The minimum atomic E-state index is -1.04. The summed E-state index contributed by atoms with van der Waals surface area (Å²) in [7, 11) is 0. The molecule has 9 nitrogen and oxygen atoms in total. The zero-order valence-corrected chi connectivity index (χ0v) is 26.1. The van der Waals surface area contributed by atoms with E-state index in [0.717, 1.165) is 18.4 Å². The Morgan fingerprint density at radius 3 is 1.93 bits per heavy atom. The van der Waals surface area contributed by atoms with Gasteiger partial charge in [-0.15, -0.1) is 0 Å². The molecule has 2 rings (SSSR count). The standard InChI is InChI=1S/C33H47N3O6/c1-8-9-16-21-36(27(37)23-34-31(40)42-33(5,6)7)28(25-19-14-11-15-20-25)29(38)35-26(30(39)41-32(2,3)4)22-24-17-12-10-13-18-24/h10-15,17-20,26,28H,8-9,16,21-23H2,1-7H3,(H,34,40)(H,35,38). The molecule has 0 saturated heterocycles. The van der Waals surface area contributed by atoms with Gasteiger partial charge >= 0.3 is 12.1 Å². The number of nitrogens with one attached hydrogen (secondary N) is 2. The van der Waals surface area contributed by atoms with Gasteiger partial charge in [-0.3, -0.25) is 9.59 Å². The van der Waals surface area contributed by atoms with Crippen LogP contribution in [0.4, 0.5) is 4.79 Å². The second kappa shape index (κ2) is 15.9. The summed E-state index contributed by atoms with van der Waals surface area (Å²) in [4.78, 5) is 54.7. The van der Waals surface area contributed by atoms with Crippen molar-refractivity contribution in [3.63, 3.8) is 0 Å². The van der Waals surface area contributed by atoms with Crippen LogP contribution in [0.25, 0.3) is 0 Å². The molecule has 2 atom stereocenters. The van der Waals surface area contributed by atoms with Gasteiger partial charge in [0.05, 0.1) is 0 Å². The second-order valence-electron chi connectivity index (χ2n) is 12.2. The summed E-state index contributed by atoms with van der Waals surface area (Å²) < 4.78 is 10.9. The van der Waals surface area contributed by atoms with Gasteiger partial charge in [0.2, 0.25) is 11.8 Å². The highest BCUT2D eigenvalue weighted by Gasteiger charge is 2.35. The molecule has 0 aliphatic carbocycles. The topological polar surface area (TPSA) is 114 Å². The van der Waals surface area contributed by atoms with Crippen LogP contribution in [0.5, 0.6) is 0 Å². The van der Waals surface area contributed by atoms with Crippen LogP contribution < -0.4 is 10.6 Å². The molecule has 0 bridgehead atoms. The van der Waals surface area contributed by atoms with Gasteiger partial charge in [0.25, 0.3) is 0 Å². The van der Waals surface area contributed by atoms with Gasteiger partial charge in [-0.05, 0) is 59.1 Å². The van der Waals surface area contributed by atoms with Crippen molar-refractivity contribution < 1.29 is 28.7 Å². The lowest BCUT2D eigenvalue weighted by molar-refractivity contribution is -0.159. The third-order valence-corrected chi connectivity index (χ3v) is 6.07. The molecular formula is C33H47N3O6. The number of carbonyl (C=O) groups excluding carboxylic acids is 4. The SMILES string of the molecule is CCCCCN(C(=O)CNC(=O)OC(C)(C)C)C(C(=O)NC(Cc1ccccc1)C(=O)OC(C)(C)C)c1ccccc1. The Labute approximate surface area is 250 Å². The highest BCUT2D eigenvalue weighted by Crippen LogP contribution is 2.23. The first-order valence-corrected chi connectivity index (χ1v) is 14.6. The van der Waals surface area contributed by atoms with Gasteiger partial charge in [-0.1, -0.05) is 80.4 Å². The van der Waals surface area contributed by atoms with E-state index in [2.05, 4.69) is 10.6 Å². The van der Waals surface area contributed by atoms with Crippen LogP contribution in [0.2, 0.25) is 0 Å². The Morgan fingerprint density at radius 2 is 1.38 bits per heavy atom. The predicted molar refractivity (Wildman–Crippen MR) is 163 cm³/mol. The average Bonchev–Trinajstić information content (AvgIpc) is 2.90. The highest BCUT2D eigenvalue weighted by molar-refractivity contribution is 5.92. The molecule has 0 aliphatic rings. The van der Waals surface area contributed by atoms with Crippen LogP contribution >= 0.6 is 0 Å². The minimum Gasteiger partial charge on any atom is -0.458 e. The number of hydrogen-bond donors (Lipinski definition) is 2. The van der Waals surface area contributed by atoms with E-state index in [0.29, 0.717) is 12.0 Å². The fraction of sp³-hybridized carbons (Fsp3) is 0.515. The monoisotopic (exact) mass is 581 g/mol. The number of carbonyl (C=O) groups is 4. The molecule has 2 unspecified atom stereocenters. The maximum atomic E-state index is 14.1. The Balaban J connectivity index is 2.41. The number of ether oxygens (including phenoxy) is 2. The maximum Gasteiger partial charge on any atom is 0.408 e. The zero-order chi connectivity index (χ0) is 31.3. The lowest BCUT2D eigenvalue weighted by Crippen LogP contribution is -2.52. The number of amides is 3. The molecule has 2 N–H and O–H groups in total. The highest BCUT2D eigenvalue weighted by atomic mass is 16.6. The van der Waals surface area contributed by atoms with Gasteiger partial charge in [-0.2, -0.15) is 0 Å². The lowest BCUT2D eigenvalue weighted by atomic mass is 10.0. The first kappa shape index (κ1) is 34.3. The third kappa shape index (κ3) is 12.3. The molecule has 42 heavy (non-hydrogen) atoms. The Kier molecular flexibility index (Phi) is 13.0. The minimum absolute atomic E-state index is 0.215. The van der Waals surface area contributed by atoms with Crippen molar-refractivity contribution >= 4 is 23.9 Å². The molecule has 0 aromatic heterocycles. The van der Waals surface area contributed by atoms with Crippen molar-refractivity contribution in [3.05, 3.63) is 71.8 Å². The molecular weight excluding hydrogens is 534 g/mol. The van der Waals surface area contributed by atoms with Gasteiger partial charge in [0.1, 0.15) is 29.8 Å². The quantitative estimate of drug-likeness (QED) is 0.244. The summed E-state index contributed by atoms with van der Waals surface area (Å²) in [6.45, 7) is 12.5. The van der Waals surface area contributed by atoms with Gasteiger partial charge in [0.15, 0.2) is 0 Å². The van der Waals surface area contributed by atoms with E-state index in [4.69, 9.17) is 9.47 Å². The van der Waals surface area contributed by atoms with E-state index >= 15 is 0 Å². The zero-order valence-electron chi connectivity index (χ0n) is 26.1. The summed E-state index contributed by atoms with van der Waals surface area (Å²) in [6.07, 6.45) is 1.91.